The highest BCUT2D eigenvalue weighted by molar-refractivity contribution is 5.95. The first kappa shape index (κ1) is 18.2. The van der Waals surface area contributed by atoms with Crippen molar-refractivity contribution in [2.45, 2.75) is 64.5 Å². The van der Waals surface area contributed by atoms with Crippen LogP contribution in [0.25, 0.3) is 10.9 Å². The van der Waals surface area contributed by atoms with Crippen LogP contribution in [-0.2, 0) is 6.18 Å². The summed E-state index contributed by atoms with van der Waals surface area (Å²) in [6, 6.07) is 4.67. The molecule has 0 saturated heterocycles. The molecule has 0 unspecified atom stereocenters. The Kier molecular flexibility index (Phi) is 4.35. The Morgan fingerprint density at radius 3 is 2.74 bits per heavy atom. The van der Waals surface area contributed by atoms with Gasteiger partial charge in [-0.1, -0.05) is 0 Å². The Labute approximate surface area is 156 Å². The third kappa shape index (κ3) is 3.07. The molecule has 0 radical (unpaired) electrons. The minimum atomic E-state index is -4.53. The van der Waals surface area contributed by atoms with E-state index in [0.29, 0.717) is 5.75 Å². The predicted molar refractivity (Wildman–Crippen MR) is 97.6 cm³/mol. The van der Waals surface area contributed by atoms with Crippen LogP contribution in [-0.4, -0.2) is 29.8 Å². The number of nitrogens with zero attached hydrogens (tertiary/aromatic N) is 2. The average molecular weight is 380 g/mol. The van der Waals surface area contributed by atoms with Gasteiger partial charge < -0.3 is 14.4 Å². The van der Waals surface area contributed by atoms with E-state index in [0.717, 1.165) is 37.6 Å². The number of halogens is 3. The normalized spacial score (nSPS) is 22.0. The molecule has 1 aliphatic carbocycles. The van der Waals surface area contributed by atoms with Gasteiger partial charge in [0.2, 0.25) is 5.88 Å². The fourth-order valence-electron chi connectivity index (χ4n) is 4.27. The van der Waals surface area contributed by atoms with Crippen molar-refractivity contribution in [1.29, 1.82) is 0 Å². The second-order valence-corrected chi connectivity index (χ2v) is 7.42. The van der Waals surface area contributed by atoms with Gasteiger partial charge in [-0.05, 0) is 52.2 Å². The highest BCUT2D eigenvalue weighted by Gasteiger charge is 2.42. The van der Waals surface area contributed by atoms with Crippen LogP contribution in [0.1, 0.15) is 45.6 Å². The van der Waals surface area contributed by atoms with Crippen LogP contribution in [0.3, 0.4) is 0 Å². The summed E-state index contributed by atoms with van der Waals surface area (Å²) in [6.07, 6.45) is -1.98. The number of fused-ring (bicyclic) bond motifs is 4. The molecule has 2 heterocycles. The fraction of sp³-hybridized carbons (Fsp3) is 0.550. The largest absolute Gasteiger partial charge is 0.485 e. The van der Waals surface area contributed by atoms with E-state index in [9.17, 15) is 13.2 Å². The molecule has 1 aliphatic heterocycles. The van der Waals surface area contributed by atoms with Crippen LogP contribution in [0.5, 0.6) is 11.6 Å². The van der Waals surface area contributed by atoms with Crippen LogP contribution in [0.15, 0.2) is 18.2 Å². The van der Waals surface area contributed by atoms with Gasteiger partial charge >= 0.3 is 6.18 Å². The molecule has 1 aromatic carbocycles. The molecule has 1 saturated carbocycles. The van der Waals surface area contributed by atoms with Gasteiger partial charge in [0.05, 0.1) is 34.3 Å². The second-order valence-electron chi connectivity index (χ2n) is 7.42. The van der Waals surface area contributed by atoms with E-state index in [1.807, 2.05) is 13.0 Å². The van der Waals surface area contributed by atoms with Gasteiger partial charge in [0.1, 0.15) is 6.10 Å². The van der Waals surface area contributed by atoms with Crippen molar-refractivity contribution in [2.24, 2.45) is 0 Å². The van der Waals surface area contributed by atoms with Crippen LogP contribution >= 0.6 is 0 Å². The fourth-order valence-corrected chi connectivity index (χ4v) is 4.27. The molecular formula is C20H23F3N2O2. The molecule has 4 nitrogen and oxygen atoms in total. The van der Waals surface area contributed by atoms with Crippen LogP contribution < -0.4 is 14.4 Å². The van der Waals surface area contributed by atoms with E-state index in [4.69, 9.17) is 9.47 Å². The van der Waals surface area contributed by atoms with Crippen LogP contribution in [0.4, 0.5) is 18.9 Å². The number of hydrogen-bond donors (Lipinski definition) is 0. The summed E-state index contributed by atoms with van der Waals surface area (Å²) in [4.78, 5) is 6.49. The lowest BCUT2D eigenvalue weighted by molar-refractivity contribution is -0.136. The third-order valence-corrected chi connectivity index (χ3v) is 5.28. The second kappa shape index (κ2) is 6.46. The van der Waals surface area contributed by atoms with E-state index in [2.05, 4.69) is 9.88 Å². The summed E-state index contributed by atoms with van der Waals surface area (Å²) in [5.41, 5.74) is 0.206. The van der Waals surface area contributed by atoms with Crippen molar-refractivity contribution >= 4 is 16.6 Å². The molecule has 0 amide bonds. The third-order valence-electron chi connectivity index (χ3n) is 5.28. The van der Waals surface area contributed by atoms with Gasteiger partial charge in [0.25, 0.3) is 0 Å². The zero-order chi connectivity index (χ0) is 19.3. The molecule has 2 aromatic rings. The number of benzene rings is 1. The van der Waals surface area contributed by atoms with Gasteiger partial charge in [-0.3, -0.25) is 0 Å². The predicted octanol–water partition coefficient (Wildman–Crippen LogP) is 5.18. The lowest BCUT2D eigenvalue weighted by Crippen LogP contribution is -2.46. The average Bonchev–Trinajstić information content (AvgIpc) is 3.05. The van der Waals surface area contributed by atoms with E-state index in [1.165, 1.54) is 0 Å². The summed E-state index contributed by atoms with van der Waals surface area (Å²) < 4.78 is 53.3. The Morgan fingerprint density at radius 1 is 1.30 bits per heavy atom. The van der Waals surface area contributed by atoms with Crippen molar-refractivity contribution in [3.8, 4) is 11.6 Å². The zero-order valence-electron chi connectivity index (χ0n) is 15.6. The summed E-state index contributed by atoms with van der Waals surface area (Å²) in [5.74, 6) is 0.278. The Morgan fingerprint density at radius 2 is 2.07 bits per heavy atom. The molecule has 146 valence electrons. The number of aromatic nitrogens is 1. The molecule has 2 atom stereocenters. The topological polar surface area (TPSA) is 34.6 Å². The maximum absolute atomic E-state index is 13.9. The van der Waals surface area contributed by atoms with E-state index in [-0.39, 0.29) is 35.0 Å². The van der Waals surface area contributed by atoms with Crippen molar-refractivity contribution in [3.63, 3.8) is 0 Å². The molecule has 0 bridgehead atoms. The minimum Gasteiger partial charge on any atom is -0.485 e. The number of pyridine rings is 1. The Bertz CT molecular complexity index is 866. The van der Waals surface area contributed by atoms with Crippen LogP contribution in [0.2, 0.25) is 0 Å². The maximum atomic E-state index is 13.9. The lowest BCUT2D eigenvalue weighted by Gasteiger charge is -2.40. The van der Waals surface area contributed by atoms with Gasteiger partial charge in [0.15, 0.2) is 5.75 Å². The van der Waals surface area contributed by atoms with Gasteiger partial charge in [-0.25, -0.2) is 4.98 Å². The summed E-state index contributed by atoms with van der Waals surface area (Å²) in [5, 5.41) is 0.0277. The number of hydrogen-bond acceptors (Lipinski definition) is 4. The first-order valence-corrected chi connectivity index (χ1v) is 9.44. The molecule has 27 heavy (non-hydrogen) atoms. The molecule has 0 N–H and O–H groups in total. The van der Waals surface area contributed by atoms with E-state index in [1.54, 1.807) is 19.9 Å². The summed E-state index contributed by atoms with van der Waals surface area (Å²) in [7, 11) is 0. The van der Waals surface area contributed by atoms with E-state index < -0.39 is 11.7 Å². The number of likely N-dealkylation sites (N-methyl/N-ethyl adjacent to an activating group) is 1. The highest BCUT2D eigenvalue weighted by atomic mass is 19.4. The first-order valence-electron chi connectivity index (χ1n) is 9.44. The SMILES string of the molecule is CCN1c2ccc3nc(OC(C)C)cc(C(F)(F)F)c3c2O[C@H]2CCC[C@H]21. The molecule has 2 aliphatic rings. The van der Waals surface area contributed by atoms with Gasteiger partial charge in [-0.2, -0.15) is 13.2 Å². The van der Waals surface area contributed by atoms with Gasteiger partial charge in [-0.15, -0.1) is 0 Å². The highest BCUT2D eigenvalue weighted by Crippen LogP contribution is 2.49. The number of rotatable bonds is 3. The first-order chi connectivity index (χ1) is 12.8. The number of alkyl halides is 3. The Balaban J connectivity index is 1.96. The van der Waals surface area contributed by atoms with E-state index >= 15 is 0 Å². The van der Waals surface area contributed by atoms with Crippen molar-refractivity contribution in [2.75, 3.05) is 11.4 Å². The smallest absolute Gasteiger partial charge is 0.417 e. The molecule has 0 spiro atoms. The quantitative estimate of drug-likeness (QED) is 0.735. The lowest BCUT2D eigenvalue weighted by atomic mass is 10.0. The Hall–Kier alpha value is -2.18. The zero-order valence-corrected chi connectivity index (χ0v) is 15.6. The molecule has 4 rings (SSSR count). The maximum Gasteiger partial charge on any atom is 0.417 e. The monoisotopic (exact) mass is 380 g/mol. The van der Waals surface area contributed by atoms with Gasteiger partial charge in [0, 0.05) is 12.6 Å². The van der Waals surface area contributed by atoms with Crippen molar-refractivity contribution in [3.05, 3.63) is 23.8 Å². The number of ether oxygens (including phenoxy) is 2. The minimum absolute atomic E-state index is 0.0216. The van der Waals surface area contributed by atoms with Crippen molar-refractivity contribution < 1.29 is 22.6 Å². The molecule has 1 fully saturated rings. The standard InChI is InChI=1S/C20H23F3N2O2/c1-4-25-14-6-5-7-16(14)27-19-15(25)9-8-13-18(19)12(20(21,22)23)10-17(24-13)26-11(2)3/h8-11,14,16H,4-7H2,1-3H3/t14-,16+/m1/s1. The number of anilines is 1. The van der Waals surface area contributed by atoms with Crippen molar-refractivity contribution in [1.82, 2.24) is 4.98 Å². The molecular weight excluding hydrogens is 357 g/mol. The molecule has 7 heteroatoms. The molecule has 1 aromatic heterocycles. The van der Waals surface area contributed by atoms with Crippen LogP contribution in [0, 0.1) is 0 Å². The summed E-state index contributed by atoms with van der Waals surface area (Å²) >= 11 is 0. The summed E-state index contributed by atoms with van der Waals surface area (Å²) in [6.45, 7) is 6.27.